The van der Waals surface area contributed by atoms with Gasteiger partial charge in [-0.1, -0.05) is 30.3 Å². The quantitative estimate of drug-likeness (QED) is 0.835. The summed E-state index contributed by atoms with van der Waals surface area (Å²) in [6.07, 6.45) is 1.17. The first-order chi connectivity index (χ1) is 8.18. The Morgan fingerprint density at radius 2 is 2.18 bits per heavy atom. The Balaban J connectivity index is 2.09. The summed E-state index contributed by atoms with van der Waals surface area (Å²) in [7, 11) is 0. The summed E-state index contributed by atoms with van der Waals surface area (Å²) >= 11 is 0. The average Bonchev–Trinajstić information content (AvgIpc) is 2.72. The molecule has 1 fully saturated rings. The molecule has 1 aromatic rings. The first-order valence-corrected chi connectivity index (χ1v) is 6.32. The molecule has 0 spiro atoms. The lowest BCUT2D eigenvalue weighted by atomic mass is 9.90. The van der Waals surface area contributed by atoms with Crippen molar-refractivity contribution >= 4 is 0 Å². The lowest BCUT2D eigenvalue weighted by Crippen LogP contribution is -2.56. The molecule has 0 aromatic heterocycles. The monoisotopic (exact) mass is 234 g/mol. The van der Waals surface area contributed by atoms with Crippen molar-refractivity contribution < 1.29 is 4.74 Å². The van der Waals surface area contributed by atoms with Gasteiger partial charge >= 0.3 is 0 Å². The van der Waals surface area contributed by atoms with Crippen LogP contribution in [0.25, 0.3) is 0 Å². The topological polar surface area (TPSA) is 47.3 Å². The largest absolute Gasteiger partial charge is 0.376 e. The molecule has 0 amide bonds. The zero-order valence-corrected chi connectivity index (χ0v) is 10.6. The molecule has 1 heterocycles. The van der Waals surface area contributed by atoms with E-state index >= 15 is 0 Å². The van der Waals surface area contributed by atoms with Gasteiger partial charge in [0.15, 0.2) is 0 Å². The fourth-order valence-electron chi connectivity index (χ4n) is 2.55. The molecule has 3 heteroatoms. The molecule has 0 aliphatic carbocycles. The maximum Gasteiger partial charge on any atom is 0.0741 e. The van der Waals surface area contributed by atoms with Crippen LogP contribution in [0.5, 0.6) is 0 Å². The van der Waals surface area contributed by atoms with Gasteiger partial charge in [0.1, 0.15) is 0 Å². The van der Waals surface area contributed by atoms with E-state index in [1.165, 1.54) is 5.56 Å². The molecular weight excluding hydrogens is 212 g/mol. The third-order valence-corrected chi connectivity index (χ3v) is 3.86. The van der Waals surface area contributed by atoms with Gasteiger partial charge in [-0.3, -0.25) is 0 Å². The number of ether oxygens (including phenoxy) is 1. The van der Waals surface area contributed by atoms with Gasteiger partial charge in [0, 0.05) is 19.2 Å². The van der Waals surface area contributed by atoms with Crippen molar-refractivity contribution in [2.45, 2.75) is 38.0 Å². The molecule has 1 aliphatic heterocycles. The number of benzene rings is 1. The molecule has 3 unspecified atom stereocenters. The van der Waals surface area contributed by atoms with E-state index < -0.39 is 0 Å². The highest BCUT2D eigenvalue weighted by Gasteiger charge is 2.41. The molecule has 17 heavy (non-hydrogen) atoms. The molecule has 2 rings (SSSR count). The molecule has 3 nitrogen and oxygen atoms in total. The van der Waals surface area contributed by atoms with E-state index in [0.717, 1.165) is 13.0 Å². The molecule has 3 atom stereocenters. The first kappa shape index (κ1) is 12.6. The van der Waals surface area contributed by atoms with Crippen molar-refractivity contribution in [3.8, 4) is 0 Å². The summed E-state index contributed by atoms with van der Waals surface area (Å²) in [6.45, 7) is 5.70. The summed E-state index contributed by atoms with van der Waals surface area (Å²) in [5, 5.41) is 3.66. The van der Waals surface area contributed by atoms with E-state index in [0.29, 0.717) is 12.6 Å². The van der Waals surface area contributed by atoms with Crippen LogP contribution < -0.4 is 11.1 Å². The number of hydrogen-bond donors (Lipinski definition) is 2. The molecular formula is C14H22N2O. The lowest BCUT2D eigenvalue weighted by molar-refractivity contribution is 0.0814. The van der Waals surface area contributed by atoms with E-state index in [9.17, 15) is 0 Å². The summed E-state index contributed by atoms with van der Waals surface area (Å²) in [4.78, 5) is 0. The molecule has 3 N–H and O–H groups in total. The second-order valence-electron chi connectivity index (χ2n) is 4.90. The average molecular weight is 234 g/mol. The second-order valence-corrected chi connectivity index (χ2v) is 4.90. The molecule has 94 valence electrons. The van der Waals surface area contributed by atoms with Gasteiger partial charge in [0.25, 0.3) is 0 Å². The van der Waals surface area contributed by atoms with Gasteiger partial charge in [0.2, 0.25) is 0 Å². The smallest absolute Gasteiger partial charge is 0.0741 e. The van der Waals surface area contributed by atoms with E-state index in [-0.39, 0.29) is 11.6 Å². The first-order valence-electron chi connectivity index (χ1n) is 6.32. The standard InChI is InChI=1S/C14H22N2O/c1-11(13-6-4-3-5-7-13)16-14(10-15)8-9-17-12(14)2/h3-7,11-12,16H,8-10,15H2,1-2H3. The lowest BCUT2D eigenvalue weighted by Gasteiger charge is -2.35. The number of rotatable bonds is 4. The van der Waals surface area contributed by atoms with Crippen molar-refractivity contribution in [3.05, 3.63) is 35.9 Å². The fraction of sp³-hybridized carbons (Fsp3) is 0.571. The van der Waals surface area contributed by atoms with E-state index in [1.807, 2.05) is 6.07 Å². The summed E-state index contributed by atoms with van der Waals surface area (Å²) in [5.74, 6) is 0. The summed E-state index contributed by atoms with van der Waals surface area (Å²) in [5.41, 5.74) is 7.16. The Labute approximate surface area is 103 Å². The van der Waals surface area contributed by atoms with Crippen molar-refractivity contribution in [2.24, 2.45) is 5.73 Å². The molecule has 1 saturated heterocycles. The fourth-order valence-corrected chi connectivity index (χ4v) is 2.55. The number of nitrogens with one attached hydrogen (secondary N) is 1. The normalized spacial score (nSPS) is 30.4. The second kappa shape index (κ2) is 5.17. The van der Waals surface area contributed by atoms with E-state index in [2.05, 4.69) is 43.4 Å². The Kier molecular flexibility index (Phi) is 3.82. The SMILES string of the molecule is CC(NC1(CN)CCOC1C)c1ccccc1. The zero-order valence-electron chi connectivity index (χ0n) is 10.6. The maximum absolute atomic E-state index is 5.94. The number of hydrogen-bond acceptors (Lipinski definition) is 3. The van der Waals surface area contributed by atoms with Crippen LogP contribution in [0.4, 0.5) is 0 Å². The Bertz CT molecular complexity index is 354. The Hall–Kier alpha value is -0.900. The predicted octanol–water partition coefficient (Wildman–Crippen LogP) is 1.84. The highest BCUT2D eigenvalue weighted by molar-refractivity contribution is 5.19. The third-order valence-electron chi connectivity index (χ3n) is 3.86. The van der Waals surface area contributed by atoms with Crippen LogP contribution in [0.3, 0.4) is 0 Å². The molecule has 1 aliphatic rings. The van der Waals surface area contributed by atoms with E-state index in [4.69, 9.17) is 10.5 Å². The van der Waals surface area contributed by atoms with Crippen molar-refractivity contribution in [3.63, 3.8) is 0 Å². The third kappa shape index (κ3) is 2.51. The molecule has 0 saturated carbocycles. The van der Waals surface area contributed by atoms with Crippen LogP contribution in [0.15, 0.2) is 30.3 Å². The zero-order chi connectivity index (χ0) is 12.3. The van der Waals surface area contributed by atoms with Crippen molar-refractivity contribution in [2.75, 3.05) is 13.2 Å². The van der Waals surface area contributed by atoms with Crippen LogP contribution in [-0.4, -0.2) is 24.8 Å². The number of nitrogens with two attached hydrogens (primary N) is 1. The van der Waals surface area contributed by atoms with Gasteiger partial charge in [-0.25, -0.2) is 0 Å². The highest BCUT2D eigenvalue weighted by atomic mass is 16.5. The predicted molar refractivity (Wildman–Crippen MR) is 69.8 cm³/mol. The van der Waals surface area contributed by atoms with Crippen LogP contribution in [0.1, 0.15) is 31.9 Å². The van der Waals surface area contributed by atoms with Crippen LogP contribution >= 0.6 is 0 Å². The van der Waals surface area contributed by atoms with Gasteiger partial charge in [0.05, 0.1) is 11.6 Å². The Morgan fingerprint density at radius 1 is 1.47 bits per heavy atom. The van der Waals surface area contributed by atoms with Gasteiger partial charge in [-0.2, -0.15) is 0 Å². The minimum Gasteiger partial charge on any atom is -0.376 e. The Morgan fingerprint density at radius 3 is 2.71 bits per heavy atom. The van der Waals surface area contributed by atoms with Gasteiger partial charge in [-0.05, 0) is 25.8 Å². The minimum absolute atomic E-state index is 0.0741. The molecule has 0 bridgehead atoms. The molecule has 0 radical (unpaired) electrons. The van der Waals surface area contributed by atoms with Gasteiger partial charge < -0.3 is 15.8 Å². The van der Waals surface area contributed by atoms with Crippen molar-refractivity contribution in [1.82, 2.24) is 5.32 Å². The minimum atomic E-state index is -0.0741. The van der Waals surface area contributed by atoms with E-state index in [1.54, 1.807) is 0 Å². The van der Waals surface area contributed by atoms with Crippen molar-refractivity contribution in [1.29, 1.82) is 0 Å². The van der Waals surface area contributed by atoms with Gasteiger partial charge in [-0.15, -0.1) is 0 Å². The van der Waals surface area contributed by atoms with Crippen LogP contribution in [0, 0.1) is 0 Å². The maximum atomic E-state index is 5.94. The summed E-state index contributed by atoms with van der Waals surface area (Å²) < 4.78 is 5.65. The van der Waals surface area contributed by atoms with Crippen LogP contribution in [0.2, 0.25) is 0 Å². The van der Waals surface area contributed by atoms with Crippen LogP contribution in [-0.2, 0) is 4.74 Å². The summed E-state index contributed by atoms with van der Waals surface area (Å²) in [6, 6.07) is 10.7. The highest BCUT2D eigenvalue weighted by Crippen LogP contribution is 2.28. The molecule has 1 aromatic carbocycles.